The van der Waals surface area contributed by atoms with Crippen LogP contribution in [0.4, 0.5) is 0 Å². The number of hydrogen-bond acceptors (Lipinski definition) is 3. The Balaban J connectivity index is 2.43. The molecular weight excluding hydrogens is 254 g/mol. The van der Waals surface area contributed by atoms with Gasteiger partial charge in [0.2, 0.25) is 0 Å². The summed E-state index contributed by atoms with van der Waals surface area (Å²) in [6.07, 6.45) is 0. The highest BCUT2D eigenvalue weighted by molar-refractivity contribution is 7.16. The molecule has 0 radical (unpaired) electrons. The first-order valence-corrected chi connectivity index (χ1v) is 6.42. The van der Waals surface area contributed by atoms with E-state index in [0.29, 0.717) is 0 Å². The van der Waals surface area contributed by atoms with Crippen LogP contribution < -0.4 is 10.5 Å². The van der Waals surface area contributed by atoms with Crippen LogP contribution in [-0.2, 0) is 5.54 Å². The second kappa shape index (κ2) is 4.69. The Morgan fingerprint density at radius 1 is 1.29 bits per heavy atom. The van der Waals surface area contributed by atoms with Gasteiger partial charge in [-0.1, -0.05) is 23.7 Å². The smallest absolute Gasteiger partial charge is 0.119 e. The molecule has 0 aliphatic rings. The highest BCUT2D eigenvalue weighted by Gasteiger charge is 2.25. The van der Waals surface area contributed by atoms with E-state index in [-0.39, 0.29) is 0 Å². The summed E-state index contributed by atoms with van der Waals surface area (Å²) < 4.78 is 5.96. The molecule has 17 heavy (non-hydrogen) atoms. The van der Waals surface area contributed by atoms with Gasteiger partial charge < -0.3 is 10.5 Å². The summed E-state index contributed by atoms with van der Waals surface area (Å²) in [5, 5.41) is 0. The van der Waals surface area contributed by atoms with E-state index in [0.717, 1.165) is 20.5 Å². The highest BCUT2D eigenvalue weighted by atomic mass is 35.5. The maximum Gasteiger partial charge on any atom is 0.119 e. The molecule has 1 aromatic carbocycles. The monoisotopic (exact) mass is 267 g/mol. The normalized spacial score (nSPS) is 14.4. The number of rotatable bonds is 3. The SMILES string of the molecule is COc1cccc(C(C)(N)c2ccc(Cl)s2)c1. The molecule has 0 aliphatic heterocycles. The maximum absolute atomic E-state index is 6.39. The second-order valence-electron chi connectivity index (χ2n) is 4.04. The predicted molar refractivity (Wildman–Crippen MR) is 73.0 cm³/mol. The predicted octanol–water partition coefficient (Wildman–Crippen LogP) is 3.63. The van der Waals surface area contributed by atoms with Crippen LogP contribution in [-0.4, -0.2) is 7.11 Å². The summed E-state index contributed by atoms with van der Waals surface area (Å²) in [4.78, 5) is 1.04. The summed E-state index contributed by atoms with van der Waals surface area (Å²) in [5.74, 6) is 0.807. The van der Waals surface area contributed by atoms with Gasteiger partial charge >= 0.3 is 0 Å². The van der Waals surface area contributed by atoms with E-state index in [1.165, 1.54) is 11.3 Å². The molecule has 1 unspecified atom stereocenters. The number of halogens is 1. The van der Waals surface area contributed by atoms with Crippen molar-refractivity contribution in [3.05, 3.63) is 51.2 Å². The van der Waals surface area contributed by atoms with E-state index in [1.54, 1.807) is 7.11 Å². The fourth-order valence-electron chi connectivity index (χ4n) is 1.68. The largest absolute Gasteiger partial charge is 0.497 e. The summed E-state index contributed by atoms with van der Waals surface area (Å²) >= 11 is 7.45. The topological polar surface area (TPSA) is 35.2 Å². The van der Waals surface area contributed by atoms with Gasteiger partial charge in [-0.15, -0.1) is 11.3 Å². The average Bonchev–Trinajstić information content (AvgIpc) is 2.76. The summed E-state index contributed by atoms with van der Waals surface area (Å²) in [7, 11) is 1.65. The fourth-order valence-corrected chi connectivity index (χ4v) is 2.81. The molecule has 0 saturated carbocycles. The third-order valence-corrected chi connectivity index (χ3v) is 4.22. The third kappa shape index (κ3) is 2.46. The molecule has 0 fully saturated rings. The van der Waals surface area contributed by atoms with E-state index in [9.17, 15) is 0 Å². The second-order valence-corrected chi connectivity index (χ2v) is 5.75. The molecule has 90 valence electrons. The molecular formula is C13H14ClNOS. The summed E-state index contributed by atoms with van der Waals surface area (Å²) in [5.41, 5.74) is 6.85. The standard InChI is InChI=1S/C13H14ClNOS/c1-13(15,11-6-7-12(14)17-11)9-4-3-5-10(8-9)16-2/h3-8H,15H2,1-2H3. The quantitative estimate of drug-likeness (QED) is 0.922. The molecule has 1 aromatic heterocycles. The molecule has 2 rings (SSSR count). The molecule has 0 bridgehead atoms. The Labute approximate surface area is 110 Å². The third-order valence-electron chi connectivity index (χ3n) is 2.75. The summed E-state index contributed by atoms with van der Waals surface area (Å²) in [6.45, 7) is 1.98. The number of ether oxygens (including phenoxy) is 1. The minimum atomic E-state index is -0.549. The van der Waals surface area contributed by atoms with E-state index in [1.807, 2.05) is 43.3 Å². The van der Waals surface area contributed by atoms with Crippen LogP contribution in [0.1, 0.15) is 17.4 Å². The van der Waals surface area contributed by atoms with Crippen molar-refractivity contribution in [2.75, 3.05) is 7.11 Å². The van der Waals surface area contributed by atoms with Gasteiger partial charge in [-0.2, -0.15) is 0 Å². The number of methoxy groups -OCH3 is 1. The van der Waals surface area contributed by atoms with Gasteiger partial charge in [0.05, 0.1) is 17.0 Å². The first-order chi connectivity index (χ1) is 8.04. The maximum atomic E-state index is 6.39. The van der Waals surface area contributed by atoms with Crippen LogP contribution >= 0.6 is 22.9 Å². The van der Waals surface area contributed by atoms with E-state index in [2.05, 4.69) is 0 Å². The van der Waals surface area contributed by atoms with Gasteiger partial charge in [-0.3, -0.25) is 0 Å². The van der Waals surface area contributed by atoms with Gasteiger partial charge in [0.1, 0.15) is 5.75 Å². The van der Waals surface area contributed by atoms with Crippen LogP contribution in [0.3, 0.4) is 0 Å². The van der Waals surface area contributed by atoms with Crippen molar-refractivity contribution >= 4 is 22.9 Å². The number of hydrogen-bond donors (Lipinski definition) is 1. The highest BCUT2D eigenvalue weighted by Crippen LogP contribution is 2.34. The molecule has 2 aromatic rings. The molecule has 4 heteroatoms. The van der Waals surface area contributed by atoms with E-state index < -0.39 is 5.54 Å². The lowest BCUT2D eigenvalue weighted by Gasteiger charge is -2.24. The van der Waals surface area contributed by atoms with Crippen molar-refractivity contribution in [2.45, 2.75) is 12.5 Å². The first-order valence-electron chi connectivity index (χ1n) is 5.23. The lowest BCUT2D eigenvalue weighted by molar-refractivity contribution is 0.413. The lowest BCUT2D eigenvalue weighted by atomic mass is 9.91. The van der Waals surface area contributed by atoms with Crippen LogP contribution in [0, 0.1) is 0 Å². The van der Waals surface area contributed by atoms with Crippen LogP contribution in [0.2, 0.25) is 4.34 Å². The molecule has 0 saturated heterocycles. The molecule has 0 amide bonds. The van der Waals surface area contributed by atoms with Crippen LogP contribution in [0.5, 0.6) is 5.75 Å². The Hall–Kier alpha value is -1.03. The van der Waals surface area contributed by atoms with Crippen molar-refractivity contribution in [3.63, 3.8) is 0 Å². The zero-order valence-electron chi connectivity index (χ0n) is 9.74. The number of nitrogens with two attached hydrogens (primary N) is 1. The van der Waals surface area contributed by atoms with E-state index >= 15 is 0 Å². The summed E-state index contributed by atoms with van der Waals surface area (Å²) in [6, 6.07) is 11.6. The Bertz CT molecular complexity index is 522. The van der Waals surface area contributed by atoms with Crippen molar-refractivity contribution in [1.82, 2.24) is 0 Å². The lowest BCUT2D eigenvalue weighted by Crippen LogP contribution is -2.33. The molecule has 1 heterocycles. The molecule has 2 nitrogen and oxygen atoms in total. The Morgan fingerprint density at radius 2 is 2.06 bits per heavy atom. The van der Waals surface area contributed by atoms with Gasteiger partial charge in [-0.25, -0.2) is 0 Å². The van der Waals surface area contributed by atoms with Crippen LogP contribution in [0.15, 0.2) is 36.4 Å². The van der Waals surface area contributed by atoms with Crippen molar-refractivity contribution in [3.8, 4) is 5.75 Å². The molecule has 0 aliphatic carbocycles. The zero-order valence-corrected chi connectivity index (χ0v) is 11.3. The number of thiophene rings is 1. The van der Waals surface area contributed by atoms with Gasteiger partial charge in [0.15, 0.2) is 0 Å². The molecule has 2 N–H and O–H groups in total. The Kier molecular flexibility index (Phi) is 3.43. The molecule has 1 atom stereocenters. The minimum absolute atomic E-state index is 0.549. The van der Waals surface area contributed by atoms with Crippen molar-refractivity contribution in [1.29, 1.82) is 0 Å². The van der Waals surface area contributed by atoms with Crippen molar-refractivity contribution < 1.29 is 4.74 Å². The average molecular weight is 268 g/mol. The van der Waals surface area contributed by atoms with Crippen LogP contribution in [0.25, 0.3) is 0 Å². The van der Waals surface area contributed by atoms with Crippen molar-refractivity contribution in [2.24, 2.45) is 5.73 Å². The number of benzene rings is 1. The fraction of sp³-hybridized carbons (Fsp3) is 0.231. The zero-order chi connectivity index (χ0) is 12.5. The van der Waals surface area contributed by atoms with Gasteiger partial charge in [0, 0.05) is 4.88 Å². The Morgan fingerprint density at radius 3 is 2.65 bits per heavy atom. The van der Waals surface area contributed by atoms with E-state index in [4.69, 9.17) is 22.1 Å². The molecule has 0 spiro atoms. The van der Waals surface area contributed by atoms with Gasteiger partial charge in [0.25, 0.3) is 0 Å². The minimum Gasteiger partial charge on any atom is -0.497 e. The van der Waals surface area contributed by atoms with Gasteiger partial charge in [-0.05, 0) is 36.8 Å². The first kappa shape index (κ1) is 12.4.